The highest BCUT2D eigenvalue weighted by molar-refractivity contribution is 5.36. The summed E-state index contributed by atoms with van der Waals surface area (Å²) in [6.07, 6.45) is -2.46. The number of hydrogen-bond acceptors (Lipinski definition) is 3. The van der Waals surface area contributed by atoms with Crippen molar-refractivity contribution in [3.8, 4) is 5.75 Å². The van der Waals surface area contributed by atoms with Crippen LogP contribution in [0.15, 0.2) is 24.3 Å². The molecule has 1 aliphatic heterocycles. The predicted molar refractivity (Wildman–Crippen MR) is 75.4 cm³/mol. The van der Waals surface area contributed by atoms with Crippen molar-refractivity contribution in [2.45, 2.75) is 25.8 Å². The highest BCUT2D eigenvalue weighted by atomic mass is 19.3. The number of nitrogens with one attached hydrogen (secondary N) is 1. The van der Waals surface area contributed by atoms with Gasteiger partial charge in [-0.25, -0.2) is 8.78 Å². The molecule has 1 fully saturated rings. The third-order valence-electron chi connectivity index (χ3n) is 3.57. The molecular weight excluding hydrogens is 262 g/mol. The van der Waals surface area contributed by atoms with Crippen LogP contribution < -0.4 is 10.1 Å². The zero-order valence-corrected chi connectivity index (χ0v) is 11.8. The number of nitrogens with zero attached hydrogens (tertiary/aromatic N) is 1. The maximum absolute atomic E-state index is 13.0. The summed E-state index contributed by atoms with van der Waals surface area (Å²) in [5, 5.41) is 3.25. The lowest BCUT2D eigenvalue weighted by atomic mass is 10.00. The lowest BCUT2D eigenvalue weighted by Gasteiger charge is -2.35. The summed E-state index contributed by atoms with van der Waals surface area (Å²) in [5.74, 6) is 0.721. The molecule has 1 aromatic rings. The summed E-state index contributed by atoms with van der Waals surface area (Å²) in [7, 11) is 0. The van der Waals surface area contributed by atoms with Gasteiger partial charge in [0.1, 0.15) is 5.75 Å². The summed E-state index contributed by atoms with van der Waals surface area (Å²) < 4.78 is 31.5. The van der Waals surface area contributed by atoms with E-state index in [1.165, 1.54) is 0 Å². The summed E-state index contributed by atoms with van der Waals surface area (Å²) in [6, 6.07) is 7.25. The molecule has 1 aromatic carbocycles. The quantitative estimate of drug-likeness (QED) is 0.869. The van der Waals surface area contributed by atoms with Crippen molar-refractivity contribution >= 4 is 0 Å². The first-order chi connectivity index (χ1) is 9.72. The molecule has 2 rings (SSSR count). The molecule has 5 heteroatoms. The Morgan fingerprint density at radius 2 is 1.95 bits per heavy atom. The SMILES string of the molecule is CCOc1ccccc1[C@@H](CC(F)F)N1CCNCC1. The summed E-state index contributed by atoms with van der Waals surface area (Å²) in [6.45, 7) is 5.71. The fourth-order valence-corrected chi connectivity index (χ4v) is 2.68. The minimum atomic E-state index is -2.32. The zero-order valence-electron chi connectivity index (χ0n) is 11.8. The molecule has 0 amide bonds. The van der Waals surface area contributed by atoms with Crippen LogP contribution in [0, 0.1) is 0 Å². The number of hydrogen-bond donors (Lipinski definition) is 1. The normalized spacial score (nSPS) is 18.2. The number of para-hydroxylation sites is 1. The number of benzene rings is 1. The summed E-state index contributed by atoms with van der Waals surface area (Å²) >= 11 is 0. The molecule has 3 nitrogen and oxygen atoms in total. The Morgan fingerprint density at radius 3 is 2.60 bits per heavy atom. The molecule has 0 aliphatic carbocycles. The summed E-state index contributed by atoms with van der Waals surface area (Å²) in [5.41, 5.74) is 0.872. The van der Waals surface area contributed by atoms with Crippen LogP contribution in [0.4, 0.5) is 8.78 Å². The second-order valence-corrected chi connectivity index (χ2v) is 4.90. The molecule has 1 aliphatic rings. The minimum absolute atomic E-state index is 0.149. The van der Waals surface area contributed by atoms with Crippen molar-refractivity contribution in [2.75, 3.05) is 32.8 Å². The van der Waals surface area contributed by atoms with E-state index in [-0.39, 0.29) is 12.5 Å². The Labute approximate surface area is 118 Å². The van der Waals surface area contributed by atoms with E-state index in [0.717, 1.165) is 37.5 Å². The van der Waals surface area contributed by atoms with Crippen LogP contribution >= 0.6 is 0 Å². The first kappa shape index (κ1) is 15.2. The molecule has 112 valence electrons. The van der Waals surface area contributed by atoms with Crippen LogP contribution in [-0.2, 0) is 0 Å². The first-order valence-corrected chi connectivity index (χ1v) is 7.17. The van der Waals surface area contributed by atoms with Gasteiger partial charge in [0.05, 0.1) is 6.61 Å². The van der Waals surface area contributed by atoms with Gasteiger partial charge >= 0.3 is 0 Å². The van der Waals surface area contributed by atoms with Crippen molar-refractivity contribution in [3.05, 3.63) is 29.8 Å². The number of piperazine rings is 1. The van der Waals surface area contributed by atoms with Gasteiger partial charge in [-0.3, -0.25) is 4.90 Å². The second-order valence-electron chi connectivity index (χ2n) is 4.90. The standard InChI is InChI=1S/C15H22F2N2O/c1-2-20-14-6-4-3-5-12(14)13(11-15(16)17)19-9-7-18-8-10-19/h3-6,13,15,18H,2,7-11H2,1H3/t13-/m1/s1. The van der Waals surface area contributed by atoms with E-state index in [1.54, 1.807) is 0 Å². The summed E-state index contributed by atoms with van der Waals surface area (Å²) in [4.78, 5) is 2.13. The van der Waals surface area contributed by atoms with Crippen LogP contribution in [0.5, 0.6) is 5.75 Å². The van der Waals surface area contributed by atoms with E-state index in [4.69, 9.17) is 4.74 Å². The van der Waals surface area contributed by atoms with Gasteiger partial charge in [-0.05, 0) is 13.0 Å². The van der Waals surface area contributed by atoms with Crippen molar-refractivity contribution < 1.29 is 13.5 Å². The smallest absolute Gasteiger partial charge is 0.240 e. The molecule has 0 bridgehead atoms. The van der Waals surface area contributed by atoms with Gasteiger partial charge in [0.15, 0.2) is 0 Å². The molecule has 0 unspecified atom stereocenters. The number of ether oxygens (including phenoxy) is 1. The monoisotopic (exact) mass is 284 g/mol. The van der Waals surface area contributed by atoms with Crippen molar-refractivity contribution in [1.29, 1.82) is 0 Å². The number of rotatable bonds is 6. The van der Waals surface area contributed by atoms with Gasteiger partial charge in [-0.1, -0.05) is 18.2 Å². The fraction of sp³-hybridized carbons (Fsp3) is 0.600. The predicted octanol–water partition coefficient (Wildman–Crippen LogP) is 2.69. The van der Waals surface area contributed by atoms with Gasteiger partial charge in [-0.15, -0.1) is 0 Å². The van der Waals surface area contributed by atoms with E-state index >= 15 is 0 Å². The van der Waals surface area contributed by atoms with Crippen molar-refractivity contribution in [3.63, 3.8) is 0 Å². The van der Waals surface area contributed by atoms with Gasteiger partial charge in [-0.2, -0.15) is 0 Å². The van der Waals surface area contributed by atoms with Crippen molar-refractivity contribution in [2.24, 2.45) is 0 Å². The molecule has 0 saturated carbocycles. The van der Waals surface area contributed by atoms with Crippen LogP contribution in [-0.4, -0.2) is 44.1 Å². The third kappa shape index (κ3) is 3.90. The number of halogens is 2. The third-order valence-corrected chi connectivity index (χ3v) is 3.57. The molecule has 1 saturated heterocycles. The topological polar surface area (TPSA) is 24.5 Å². The first-order valence-electron chi connectivity index (χ1n) is 7.17. The minimum Gasteiger partial charge on any atom is -0.494 e. The maximum Gasteiger partial charge on any atom is 0.240 e. The average Bonchev–Trinajstić information content (AvgIpc) is 2.47. The highest BCUT2D eigenvalue weighted by Crippen LogP contribution is 2.33. The second kappa shape index (κ2) is 7.55. The van der Waals surface area contributed by atoms with Gasteiger partial charge in [0.25, 0.3) is 0 Å². The van der Waals surface area contributed by atoms with Crippen LogP contribution in [0.2, 0.25) is 0 Å². The average molecular weight is 284 g/mol. The van der Waals surface area contributed by atoms with Crippen LogP contribution in [0.25, 0.3) is 0 Å². The Hall–Kier alpha value is -1.20. The molecular formula is C15H22F2N2O. The van der Waals surface area contributed by atoms with Gasteiger partial charge in [0.2, 0.25) is 6.43 Å². The lowest BCUT2D eigenvalue weighted by molar-refractivity contribution is 0.0727. The fourth-order valence-electron chi connectivity index (χ4n) is 2.68. The van der Waals surface area contributed by atoms with E-state index in [0.29, 0.717) is 6.61 Å². The molecule has 0 spiro atoms. The van der Waals surface area contributed by atoms with Gasteiger partial charge in [0, 0.05) is 44.2 Å². The maximum atomic E-state index is 13.0. The lowest BCUT2D eigenvalue weighted by Crippen LogP contribution is -2.45. The van der Waals surface area contributed by atoms with Crippen LogP contribution in [0.3, 0.4) is 0 Å². The van der Waals surface area contributed by atoms with Crippen molar-refractivity contribution in [1.82, 2.24) is 10.2 Å². The Bertz CT molecular complexity index is 409. The van der Waals surface area contributed by atoms with E-state index in [1.807, 2.05) is 31.2 Å². The van der Waals surface area contributed by atoms with Gasteiger partial charge < -0.3 is 10.1 Å². The highest BCUT2D eigenvalue weighted by Gasteiger charge is 2.27. The Morgan fingerprint density at radius 1 is 1.25 bits per heavy atom. The Balaban J connectivity index is 2.24. The molecule has 1 atom stereocenters. The molecule has 1 heterocycles. The molecule has 0 radical (unpaired) electrons. The Kier molecular flexibility index (Phi) is 5.73. The zero-order chi connectivity index (χ0) is 14.4. The largest absolute Gasteiger partial charge is 0.494 e. The van der Waals surface area contributed by atoms with E-state index < -0.39 is 6.43 Å². The van der Waals surface area contributed by atoms with Crippen LogP contribution in [0.1, 0.15) is 24.9 Å². The number of alkyl halides is 2. The van der Waals surface area contributed by atoms with E-state index in [2.05, 4.69) is 10.2 Å². The molecule has 1 N–H and O–H groups in total. The molecule has 0 aromatic heterocycles. The molecule has 20 heavy (non-hydrogen) atoms. The van der Waals surface area contributed by atoms with E-state index in [9.17, 15) is 8.78 Å².